The number of hydrogen-bond donors (Lipinski definition) is 1. The molecule has 2 aromatic carbocycles. The number of amides is 1. The number of nitrogens with zero attached hydrogens (tertiary/aromatic N) is 3. The van der Waals surface area contributed by atoms with Crippen LogP contribution in [0.4, 0.5) is 0 Å². The number of methoxy groups -OCH3 is 1. The van der Waals surface area contributed by atoms with Crippen LogP contribution in [0.3, 0.4) is 0 Å². The van der Waals surface area contributed by atoms with Crippen LogP contribution in [0.15, 0.2) is 53.3 Å². The average molecular weight is 416 g/mol. The molecule has 2 heterocycles. The van der Waals surface area contributed by atoms with Crippen LogP contribution in [0.1, 0.15) is 35.8 Å². The topological polar surface area (TPSA) is 77.6 Å². The first-order chi connectivity index (χ1) is 15.1. The Morgan fingerprint density at radius 3 is 2.87 bits per heavy atom. The van der Waals surface area contributed by atoms with Crippen molar-refractivity contribution in [1.29, 1.82) is 0 Å². The minimum absolute atomic E-state index is 0.0295. The molecule has 5 rings (SSSR count). The molecule has 4 aromatic rings. The Kier molecular flexibility index (Phi) is 4.73. The van der Waals surface area contributed by atoms with Crippen molar-refractivity contribution >= 4 is 22.3 Å². The molecule has 1 unspecified atom stereocenters. The highest BCUT2D eigenvalue weighted by Gasteiger charge is 2.22. The Balaban J connectivity index is 1.47. The molecule has 0 saturated heterocycles. The van der Waals surface area contributed by atoms with E-state index in [1.165, 1.54) is 15.8 Å². The van der Waals surface area contributed by atoms with Gasteiger partial charge in [-0.2, -0.15) is 5.10 Å². The molecule has 31 heavy (non-hydrogen) atoms. The molecule has 0 spiro atoms. The molecule has 7 nitrogen and oxygen atoms in total. The van der Waals surface area contributed by atoms with Crippen LogP contribution in [0, 0.1) is 6.92 Å². The minimum atomic E-state index is -0.303. The minimum Gasteiger partial charge on any atom is -0.496 e. The second-order valence-electron chi connectivity index (χ2n) is 7.98. The van der Waals surface area contributed by atoms with Gasteiger partial charge in [0, 0.05) is 5.39 Å². The lowest BCUT2D eigenvalue weighted by Gasteiger charge is -2.26. The number of ether oxygens (including phenoxy) is 1. The second-order valence-corrected chi connectivity index (χ2v) is 7.98. The Hall–Kier alpha value is -3.61. The van der Waals surface area contributed by atoms with Gasteiger partial charge >= 0.3 is 0 Å². The third-order valence-corrected chi connectivity index (χ3v) is 6.07. The first kappa shape index (κ1) is 19.4. The third kappa shape index (κ3) is 3.26. The summed E-state index contributed by atoms with van der Waals surface area (Å²) in [6, 6.07) is 15.7. The fourth-order valence-electron chi connectivity index (χ4n) is 4.67. The van der Waals surface area contributed by atoms with E-state index in [9.17, 15) is 9.59 Å². The van der Waals surface area contributed by atoms with Gasteiger partial charge in [-0.1, -0.05) is 30.3 Å². The predicted octanol–water partition coefficient (Wildman–Crippen LogP) is 3.16. The van der Waals surface area contributed by atoms with Crippen molar-refractivity contribution in [2.45, 2.75) is 38.8 Å². The van der Waals surface area contributed by atoms with E-state index in [1.807, 2.05) is 41.7 Å². The van der Waals surface area contributed by atoms with E-state index in [-0.39, 0.29) is 24.1 Å². The standard InChI is InChI=1S/C24H24N4O3/c1-15-26-27(14-23(29)25-19-10-5-8-16-7-3-4-9-17(16)19)24(30)21-13-18-20(28(15)21)11-6-12-22(18)31-2/h3-4,6-7,9,11-13,19H,5,8,10,14H2,1-2H3,(H,25,29). The predicted molar refractivity (Wildman–Crippen MR) is 119 cm³/mol. The van der Waals surface area contributed by atoms with Crippen LogP contribution in [0.5, 0.6) is 5.75 Å². The number of aromatic nitrogens is 3. The molecule has 0 fully saturated rings. The first-order valence-corrected chi connectivity index (χ1v) is 10.5. The molecule has 2 aromatic heterocycles. The van der Waals surface area contributed by atoms with Crippen molar-refractivity contribution in [1.82, 2.24) is 19.5 Å². The molecule has 0 aliphatic heterocycles. The van der Waals surface area contributed by atoms with Gasteiger partial charge in [-0.05, 0) is 55.5 Å². The molecule has 1 amide bonds. The largest absolute Gasteiger partial charge is 0.496 e. The molecule has 7 heteroatoms. The highest BCUT2D eigenvalue weighted by Crippen LogP contribution is 2.30. The summed E-state index contributed by atoms with van der Waals surface area (Å²) in [5.74, 6) is 1.11. The first-order valence-electron chi connectivity index (χ1n) is 10.5. The zero-order valence-corrected chi connectivity index (χ0v) is 17.6. The highest BCUT2D eigenvalue weighted by molar-refractivity contribution is 5.92. The lowest BCUT2D eigenvalue weighted by Crippen LogP contribution is -2.37. The van der Waals surface area contributed by atoms with Crippen molar-refractivity contribution in [3.63, 3.8) is 0 Å². The van der Waals surface area contributed by atoms with Crippen LogP contribution in [0.25, 0.3) is 16.4 Å². The Labute approximate surface area is 179 Å². The number of hydrogen-bond acceptors (Lipinski definition) is 4. The molecule has 0 saturated carbocycles. The van der Waals surface area contributed by atoms with Crippen LogP contribution in [0.2, 0.25) is 0 Å². The maximum absolute atomic E-state index is 13.1. The summed E-state index contributed by atoms with van der Waals surface area (Å²) >= 11 is 0. The lowest BCUT2D eigenvalue weighted by molar-refractivity contribution is -0.122. The van der Waals surface area contributed by atoms with Crippen LogP contribution in [-0.2, 0) is 17.8 Å². The summed E-state index contributed by atoms with van der Waals surface area (Å²) in [5, 5.41) is 8.36. The molecule has 0 radical (unpaired) electrons. The van der Waals surface area contributed by atoms with E-state index in [2.05, 4.69) is 22.5 Å². The molecule has 158 valence electrons. The van der Waals surface area contributed by atoms with E-state index in [0.29, 0.717) is 17.1 Å². The number of carbonyl (C=O) groups is 1. The fourth-order valence-corrected chi connectivity index (χ4v) is 4.67. The number of carbonyl (C=O) groups excluding carboxylic acids is 1. The molecular formula is C24H24N4O3. The average Bonchev–Trinajstić information content (AvgIpc) is 3.18. The molecular weight excluding hydrogens is 392 g/mol. The number of rotatable bonds is 4. The van der Waals surface area contributed by atoms with Crippen LogP contribution >= 0.6 is 0 Å². The van der Waals surface area contributed by atoms with Crippen molar-refractivity contribution in [2.75, 3.05) is 7.11 Å². The number of benzene rings is 2. The third-order valence-electron chi connectivity index (χ3n) is 6.07. The van der Waals surface area contributed by atoms with E-state index < -0.39 is 0 Å². The van der Waals surface area contributed by atoms with Crippen molar-refractivity contribution in [3.8, 4) is 5.75 Å². The van der Waals surface area contributed by atoms with E-state index in [0.717, 1.165) is 30.2 Å². The Morgan fingerprint density at radius 1 is 1.19 bits per heavy atom. The quantitative estimate of drug-likeness (QED) is 0.554. The second kappa shape index (κ2) is 7.58. The zero-order valence-electron chi connectivity index (χ0n) is 17.6. The monoisotopic (exact) mass is 416 g/mol. The maximum atomic E-state index is 13.1. The summed E-state index contributed by atoms with van der Waals surface area (Å²) in [4.78, 5) is 26.0. The van der Waals surface area contributed by atoms with Crippen LogP contribution < -0.4 is 15.6 Å². The zero-order chi connectivity index (χ0) is 21.5. The van der Waals surface area contributed by atoms with Gasteiger partial charge in [0.2, 0.25) is 5.91 Å². The van der Waals surface area contributed by atoms with Gasteiger partial charge in [0.15, 0.2) is 0 Å². The highest BCUT2D eigenvalue weighted by atomic mass is 16.5. The Bertz CT molecular complexity index is 1370. The normalized spacial score (nSPS) is 15.7. The van der Waals surface area contributed by atoms with Gasteiger partial charge < -0.3 is 10.1 Å². The lowest BCUT2D eigenvalue weighted by atomic mass is 9.88. The van der Waals surface area contributed by atoms with Crippen molar-refractivity contribution in [2.24, 2.45) is 0 Å². The van der Waals surface area contributed by atoms with Gasteiger partial charge in [-0.3, -0.25) is 14.0 Å². The molecule has 1 N–H and O–H groups in total. The van der Waals surface area contributed by atoms with Gasteiger partial charge in [0.05, 0.1) is 18.7 Å². The maximum Gasteiger partial charge on any atom is 0.291 e. The summed E-state index contributed by atoms with van der Waals surface area (Å²) < 4.78 is 8.50. The Morgan fingerprint density at radius 2 is 2.03 bits per heavy atom. The van der Waals surface area contributed by atoms with Gasteiger partial charge in [0.1, 0.15) is 23.6 Å². The molecule has 1 aliphatic carbocycles. The van der Waals surface area contributed by atoms with Crippen molar-refractivity contribution in [3.05, 3.63) is 75.8 Å². The number of nitrogens with one attached hydrogen (secondary N) is 1. The van der Waals surface area contributed by atoms with Gasteiger partial charge in [0.25, 0.3) is 5.56 Å². The van der Waals surface area contributed by atoms with E-state index in [4.69, 9.17) is 4.74 Å². The molecule has 0 bridgehead atoms. The van der Waals surface area contributed by atoms with E-state index in [1.54, 1.807) is 13.2 Å². The summed E-state index contributed by atoms with van der Waals surface area (Å²) in [5.41, 5.74) is 3.47. The van der Waals surface area contributed by atoms with Gasteiger partial charge in [-0.15, -0.1) is 0 Å². The SMILES string of the molecule is COc1cccc2c1cc1c(=O)n(CC(=O)NC3CCCc4ccccc43)nc(C)n12. The molecule has 1 atom stereocenters. The smallest absolute Gasteiger partial charge is 0.291 e. The van der Waals surface area contributed by atoms with Gasteiger partial charge in [-0.25, -0.2) is 4.68 Å². The van der Waals surface area contributed by atoms with Crippen molar-refractivity contribution < 1.29 is 9.53 Å². The number of fused-ring (bicyclic) bond motifs is 4. The summed E-state index contributed by atoms with van der Waals surface area (Å²) in [6.45, 7) is 1.71. The van der Waals surface area contributed by atoms with Crippen LogP contribution in [-0.4, -0.2) is 27.2 Å². The summed E-state index contributed by atoms with van der Waals surface area (Å²) in [7, 11) is 1.61. The molecule has 1 aliphatic rings. The van der Waals surface area contributed by atoms with E-state index >= 15 is 0 Å². The fraction of sp³-hybridized carbons (Fsp3) is 0.292. The summed E-state index contributed by atoms with van der Waals surface area (Å²) in [6.07, 6.45) is 2.96. The number of aryl methyl sites for hydroxylation is 2.